The van der Waals surface area contributed by atoms with E-state index in [1.807, 2.05) is 32.9 Å². The number of carbonyl (C=O) groups excluding carboxylic acids is 1. The monoisotopic (exact) mass is 402 g/mol. The van der Waals surface area contributed by atoms with Crippen LogP contribution in [0.4, 0.5) is 24.5 Å². The number of nitrogens with one attached hydrogen (secondary N) is 1. The van der Waals surface area contributed by atoms with Gasteiger partial charge in [0.25, 0.3) is 0 Å². The Balaban J connectivity index is 2.23. The number of carbonyl (C=O) groups is 1. The normalized spacial score (nSPS) is 11.6. The van der Waals surface area contributed by atoms with Gasteiger partial charge in [-0.3, -0.25) is 4.98 Å². The number of fused-ring (bicyclic) bond motifs is 1. The molecule has 3 aromatic rings. The molecule has 0 atom stereocenters. The number of pyridine rings is 1. The number of hydrogen-bond donors (Lipinski definition) is 1. The van der Waals surface area contributed by atoms with Crippen LogP contribution >= 0.6 is 0 Å². The van der Waals surface area contributed by atoms with Crippen LogP contribution in [0.3, 0.4) is 0 Å². The molecule has 0 saturated heterocycles. The van der Waals surface area contributed by atoms with Crippen LogP contribution in [0.5, 0.6) is 0 Å². The third-order valence-corrected chi connectivity index (χ3v) is 4.62. The zero-order chi connectivity index (χ0) is 21.3. The van der Waals surface area contributed by atoms with Gasteiger partial charge in [-0.15, -0.1) is 0 Å². The number of hydrogen-bond acceptors (Lipinski definition) is 4. The molecular weight excluding hydrogens is 381 g/mol. The molecule has 0 aliphatic heterocycles. The highest BCUT2D eigenvalue weighted by Gasteiger charge is 2.31. The van der Waals surface area contributed by atoms with Crippen LogP contribution in [-0.4, -0.2) is 17.6 Å². The number of anilines is 2. The first-order valence-electron chi connectivity index (χ1n) is 9.13. The summed E-state index contributed by atoms with van der Waals surface area (Å²) in [7, 11) is 0. The Bertz CT molecular complexity index is 1070. The van der Waals surface area contributed by atoms with Crippen molar-refractivity contribution in [1.29, 1.82) is 0 Å². The third kappa shape index (κ3) is 4.18. The number of halogens is 3. The highest BCUT2D eigenvalue weighted by atomic mass is 19.4. The SMILES string of the molecule is CCOC(=O)c1cnc2cc(C(F)(F)F)ccc2c1Nc1c(C)cc(C)cc1C. The second-order valence-electron chi connectivity index (χ2n) is 6.90. The second kappa shape index (κ2) is 7.73. The van der Waals surface area contributed by atoms with Gasteiger partial charge in [0.05, 0.1) is 23.4 Å². The Labute approximate surface area is 166 Å². The maximum Gasteiger partial charge on any atom is 0.416 e. The minimum Gasteiger partial charge on any atom is -0.462 e. The van der Waals surface area contributed by atoms with Crippen LogP contribution in [0.2, 0.25) is 0 Å². The Morgan fingerprint density at radius 3 is 2.31 bits per heavy atom. The van der Waals surface area contributed by atoms with E-state index in [-0.39, 0.29) is 17.7 Å². The van der Waals surface area contributed by atoms with Crippen molar-refractivity contribution in [3.8, 4) is 0 Å². The average Bonchev–Trinajstić information content (AvgIpc) is 2.63. The Morgan fingerprint density at radius 1 is 1.07 bits per heavy atom. The predicted molar refractivity (Wildman–Crippen MR) is 107 cm³/mol. The summed E-state index contributed by atoms with van der Waals surface area (Å²) in [6, 6.07) is 7.27. The van der Waals surface area contributed by atoms with Crippen LogP contribution in [-0.2, 0) is 10.9 Å². The smallest absolute Gasteiger partial charge is 0.416 e. The van der Waals surface area contributed by atoms with Gasteiger partial charge in [-0.1, -0.05) is 23.8 Å². The van der Waals surface area contributed by atoms with Crippen molar-refractivity contribution in [1.82, 2.24) is 4.98 Å². The van der Waals surface area contributed by atoms with Crippen LogP contribution in [0.15, 0.2) is 36.5 Å². The second-order valence-corrected chi connectivity index (χ2v) is 6.90. The quantitative estimate of drug-likeness (QED) is 0.536. The maximum absolute atomic E-state index is 13.1. The lowest BCUT2D eigenvalue weighted by Gasteiger charge is -2.18. The highest BCUT2D eigenvalue weighted by molar-refractivity contribution is 6.06. The van der Waals surface area contributed by atoms with Crippen LogP contribution in [0.1, 0.15) is 39.5 Å². The molecule has 7 heteroatoms. The summed E-state index contributed by atoms with van der Waals surface area (Å²) in [5, 5.41) is 3.66. The standard InChI is InChI=1S/C22H21F3N2O2/c1-5-29-21(28)17-11-26-18-10-15(22(23,24)25)6-7-16(18)20(17)27-19-13(3)8-12(2)9-14(19)4/h6-11H,5H2,1-4H3,(H,26,27). The van der Waals surface area contributed by atoms with Gasteiger partial charge in [-0.25, -0.2) is 4.79 Å². The maximum atomic E-state index is 13.1. The number of nitrogens with zero attached hydrogens (tertiary/aromatic N) is 1. The van der Waals surface area contributed by atoms with Gasteiger partial charge in [0.15, 0.2) is 0 Å². The van der Waals surface area contributed by atoms with Crippen molar-refractivity contribution in [3.05, 3.63) is 64.3 Å². The largest absolute Gasteiger partial charge is 0.462 e. The summed E-state index contributed by atoms with van der Waals surface area (Å²) >= 11 is 0. The lowest BCUT2D eigenvalue weighted by molar-refractivity contribution is -0.137. The molecule has 4 nitrogen and oxygen atoms in total. The number of aromatic nitrogens is 1. The van der Waals surface area contributed by atoms with Gasteiger partial charge in [-0.05, 0) is 51.0 Å². The first-order chi connectivity index (χ1) is 13.6. The van der Waals surface area contributed by atoms with E-state index in [9.17, 15) is 18.0 Å². The molecule has 1 heterocycles. The van der Waals surface area contributed by atoms with E-state index >= 15 is 0 Å². The zero-order valence-corrected chi connectivity index (χ0v) is 16.6. The Morgan fingerprint density at radius 2 is 1.72 bits per heavy atom. The fraction of sp³-hybridized carbons (Fsp3) is 0.273. The predicted octanol–water partition coefficient (Wildman–Crippen LogP) is 6.10. The number of ether oxygens (including phenoxy) is 1. The number of aryl methyl sites for hydroxylation is 3. The minimum absolute atomic E-state index is 0.137. The molecule has 0 fully saturated rings. The molecule has 152 valence electrons. The van der Waals surface area contributed by atoms with Crippen molar-refractivity contribution in [2.45, 2.75) is 33.9 Å². The molecule has 0 saturated carbocycles. The van der Waals surface area contributed by atoms with Crippen LogP contribution in [0.25, 0.3) is 10.9 Å². The van der Waals surface area contributed by atoms with Gasteiger partial charge in [-0.2, -0.15) is 13.2 Å². The summed E-state index contributed by atoms with van der Waals surface area (Å²) in [5.74, 6) is -0.591. The van der Waals surface area contributed by atoms with Gasteiger partial charge in [0.1, 0.15) is 5.56 Å². The topological polar surface area (TPSA) is 51.2 Å². The Kier molecular flexibility index (Phi) is 5.50. The molecule has 0 spiro atoms. The molecule has 1 N–H and O–H groups in total. The average molecular weight is 402 g/mol. The third-order valence-electron chi connectivity index (χ3n) is 4.62. The summed E-state index contributed by atoms with van der Waals surface area (Å²) < 4.78 is 44.4. The molecule has 0 radical (unpaired) electrons. The van der Waals surface area contributed by atoms with Gasteiger partial charge >= 0.3 is 12.1 Å². The van der Waals surface area contributed by atoms with Crippen molar-refractivity contribution < 1.29 is 22.7 Å². The summed E-state index contributed by atoms with van der Waals surface area (Å²) in [6.07, 6.45) is -3.23. The molecule has 0 unspecified atom stereocenters. The van der Waals surface area contributed by atoms with Crippen molar-refractivity contribution >= 4 is 28.2 Å². The minimum atomic E-state index is -4.48. The highest BCUT2D eigenvalue weighted by Crippen LogP contribution is 2.36. The van der Waals surface area contributed by atoms with Crippen LogP contribution in [0, 0.1) is 20.8 Å². The Hall–Kier alpha value is -3.09. The molecule has 0 aliphatic rings. The molecule has 29 heavy (non-hydrogen) atoms. The van der Waals surface area contributed by atoms with E-state index in [0.717, 1.165) is 34.5 Å². The van der Waals surface area contributed by atoms with Gasteiger partial charge < -0.3 is 10.1 Å². The first-order valence-corrected chi connectivity index (χ1v) is 9.13. The van der Waals surface area contributed by atoms with Gasteiger partial charge in [0.2, 0.25) is 0 Å². The summed E-state index contributed by atoms with van der Waals surface area (Å²) in [5.41, 5.74) is 3.66. The molecule has 0 bridgehead atoms. The number of esters is 1. The first kappa shape index (κ1) is 20.6. The molecule has 0 amide bonds. The number of rotatable bonds is 4. The summed E-state index contributed by atoms with van der Waals surface area (Å²) in [4.78, 5) is 16.5. The fourth-order valence-electron chi connectivity index (χ4n) is 3.37. The van der Waals surface area contributed by atoms with E-state index in [2.05, 4.69) is 10.3 Å². The molecule has 0 aliphatic carbocycles. The van der Waals surface area contributed by atoms with E-state index in [1.54, 1.807) is 6.92 Å². The lowest BCUT2D eigenvalue weighted by atomic mass is 10.0. The zero-order valence-electron chi connectivity index (χ0n) is 16.6. The van der Waals surface area contributed by atoms with Crippen molar-refractivity contribution in [3.63, 3.8) is 0 Å². The number of benzene rings is 2. The van der Waals surface area contributed by atoms with E-state index < -0.39 is 17.7 Å². The molecule has 3 rings (SSSR count). The van der Waals surface area contributed by atoms with Crippen LogP contribution < -0.4 is 5.32 Å². The lowest BCUT2D eigenvalue weighted by Crippen LogP contribution is -2.11. The fourth-order valence-corrected chi connectivity index (χ4v) is 3.37. The van der Waals surface area contributed by atoms with Gasteiger partial charge in [0, 0.05) is 17.3 Å². The number of alkyl halides is 3. The van der Waals surface area contributed by atoms with Crippen molar-refractivity contribution in [2.24, 2.45) is 0 Å². The molecular formula is C22H21F3N2O2. The van der Waals surface area contributed by atoms with E-state index in [4.69, 9.17) is 4.74 Å². The molecule has 1 aromatic heterocycles. The van der Waals surface area contributed by atoms with E-state index in [1.165, 1.54) is 12.3 Å². The molecule has 2 aromatic carbocycles. The summed E-state index contributed by atoms with van der Waals surface area (Å²) in [6.45, 7) is 7.69. The van der Waals surface area contributed by atoms with Crippen molar-refractivity contribution in [2.75, 3.05) is 11.9 Å². The van der Waals surface area contributed by atoms with E-state index in [0.29, 0.717) is 11.1 Å².